The van der Waals surface area contributed by atoms with Gasteiger partial charge >= 0.3 is 0 Å². The van der Waals surface area contributed by atoms with Crippen LogP contribution in [0.15, 0.2) is 30.3 Å². The molecule has 1 aliphatic rings. The molecular weight excluding hydrogens is 256 g/mol. The lowest BCUT2D eigenvalue weighted by Crippen LogP contribution is -2.54. The van der Waals surface area contributed by atoms with Gasteiger partial charge in [-0.1, -0.05) is 30.3 Å². The second-order valence-electron chi connectivity index (χ2n) is 5.11. The molecule has 3 N–H and O–H groups in total. The van der Waals surface area contributed by atoms with Crippen molar-refractivity contribution in [1.29, 1.82) is 0 Å². The quantitative estimate of drug-likeness (QED) is 0.724. The number of ether oxygens (including phenoxy) is 2. The zero-order chi connectivity index (χ0) is 14.3. The van der Waals surface area contributed by atoms with Crippen LogP contribution in [0.1, 0.15) is 18.4 Å². The first kappa shape index (κ1) is 15.0. The molecule has 2 rings (SSSR count). The third-order valence-electron chi connectivity index (χ3n) is 3.37. The molecule has 20 heavy (non-hydrogen) atoms. The Morgan fingerprint density at radius 3 is 2.90 bits per heavy atom. The molecule has 0 saturated carbocycles. The van der Waals surface area contributed by atoms with Crippen molar-refractivity contribution in [2.45, 2.75) is 25.0 Å². The maximum absolute atomic E-state index is 11.9. The van der Waals surface area contributed by atoms with Crippen LogP contribution < -0.4 is 11.1 Å². The summed E-state index contributed by atoms with van der Waals surface area (Å²) in [6.07, 6.45) is 1.36. The summed E-state index contributed by atoms with van der Waals surface area (Å²) in [7, 11) is 0. The fourth-order valence-corrected chi connectivity index (χ4v) is 2.08. The van der Waals surface area contributed by atoms with Crippen molar-refractivity contribution in [1.82, 2.24) is 5.32 Å². The standard InChI is InChI=1S/C15H22N2O3/c16-15(7-10-20-12-15)14(18)17-8-4-9-19-11-13-5-2-1-3-6-13/h1-3,5-6H,4,7-12,16H2,(H,17,18). The predicted molar refractivity (Wildman–Crippen MR) is 76.1 cm³/mol. The molecule has 0 spiro atoms. The van der Waals surface area contributed by atoms with Crippen LogP contribution in [0.4, 0.5) is 0 Å². The molecule has 0 aromatic heterocycles. The average Bonchev–Trinajstić information content (AvgIpc) is 2.92. The zero-order valence-corrected chi connectivity index (χ0v) is 11.6. The summed E-state index contributed by atoms with van der Waals surface area (Å²) in [5, 5.41) is 2.84. The molecule has 110 valence electrons. The molecule has 1 atom stereocenters. The molecule has 1 unspecified atom stereocenters. The van der Waals surface area contributed by atoms with Gasteiger partial charge in [0.05, 0.1) is 13.2 Å². The van der Waals surface area contributed by atoms with Crippen molar-refractivity contribution in [2.24, 2.45) is 5.73 Å². The van der Waals surface area contributed by atoms with Crippen LogP contribution >= 0.6 is 0 Å². The highest BCUT2D eigenvalue weighted by molar-refractivity contribution is 5.86. The Hall–Kier alpha value is -1.43. The topological polar surface area (TPSA) is 73.6 Å². The van der Waals surface area contributed by atoms with Crippen LogP contribution in [0, 0.1) is 0 Å². The van der Waals surface area contributed by atoms with Crippen LogP contribution in [0.25, 0.3) is 0 Å². The maximum Gasteiger partial charge on any atom is 0.242 e. The number of amides is 1. The van der Waals surface area contributed by atoms with Crippen LogP contribution in [-0.2, 0) is 20.9 Å². The summed E-state index contributed by atoms with van der Waals surface area (Å²) in [5.41, 5.74) is 6.26. The van der Waals surface area contributed by atoms with Crippen LogP contribution in [0.5, 0.6) is 0 Å². The molecule has 0 bridgehead atoms. The molecule has 0 radical (unpaired) electrons. The Morgan fingerprint density at radius 1 is 1.40 bits per heavy atom. The Balaban J connectivity index is 1.54. The van der Waals surface area contributed by atoms with Crippen molar-refractivity contribution in [3.63, 3.8) is 0 Å². The van der Waals surface area contributed by atoms with Crippen molar-refractivity contribution < 1.29 is 14.3 Å². The number of nitrogens with two attached hydrogens (primary N) is 1. The Labute approximate surface area is 119 Å². The van der Waals surface area contributed by atoms with Gasteiger partial charge in [0.25, 0.3) is 0 Å². The number of carbonyl (C=O) groups excluding carboxylic acids is 1. The predicted octanol–water partition coefficient (Wildman–Crippen LogP) is 0.827. The van der Waals surface area contributed by atoms with Gasteiger partial charge in [0.1, 0.15) is 5.54 Å². The molecule has 1 amide bonds. The van der Waals surface area contributed by atoms with E-state index in [0.29, 0.717) is 39.4 Å². The van der Waals surface area contributed by atoms with Crippen molar-refractivity contribution in [3.8, 4) is 0 Å². The van der Waals surface area contributed by atoms with Gasteiger partial charge < -0.3 is 20.5 Å². The van der Waals surface area contributed by atoms with E-state index in [1.807, 2.05) is 30.3 Å². The summed E-state index contributed by atoms with van der Waals surface area (Å²) >= 11 is 0. The van der Waals surface area contributed by atoms with Crippen LogP contribution in [0.3, 0.4) is 0 Å². The molecule has 0 aliphatic carbocycles. The van der Waals surface area contributed by atoms with Gasteiger partial charge in [-0.05, 0) is 18.4 Å². The summed E-state index contributed by atoms with van der Waals surface area (Å²) in [5.74, 6) is -0.127. The number of hydrogen-bond acceptors (Lipinski definition) is 4. The van der Waals surface area contributed by atoms with Crippen molar-refractivity contribution in [2.75, 3.05) is 26.4 Å². The number of hydrogen-bond donors (Lipinski definition) is 2. The molecule has 1 heterocycles. The highest BCUT2D eigenvalue weighted by atomic mass is 16.5. The van der Waals surface area contributed by atoms with Gasteiger partial charge in [0.15, 0.2) is 0 Å². The van der Waals surface area contributed by atoms with Crippen LogP contribution in [-0.4, -0.2) is 37.8 Å². The van der Waals surface area contributed by atoms with Gasteiger partial charge in [-0.3, -0.25) is 4.79 Å². The van der Waals surface area contributed by atoms with Gasteiger partial charge in [0.2, 0.25) is 5.91 Å². The average molecular weight is 278 g/mol. The lowest BCUT2D eigenvalue weighted by Gasteiger charge is -2.20. The van der Waals surface area contributed by atoms with E-state index < -0.39 is 5.54 Å². The van der Waals surface area contributed by atoms with Crippen molar-refractivity contribution >= 4 is 5.91 Å². The molecule has 5 nitrogen and oxygen atoms in total. The molecule has 1 aromatic rings. The number of nitrogens with one attached hydrogen (secondary N) is 1. The molecule has 1 aromatic carbocycles. The SMILES string of the molecule is NC1(C(=O)NCCCOCc2ccccc2)CCOC1. The summed E-state index contributed by atoms with van der Waals surface area (Å²) in [6.45, 7) is 2.66. The Morgan fingerprint density at radius 2 is 2.20 bits per heavy atom. The minimum Gasteiger partial charge on any atom is -0.379 e. The summed E-state index contributed by atoms with van der Waals surface area (Å²) in [4.78, 5) is 11.9. The lowest BCUT2D eigenvalue weighted by atomic mass is 9.99. The fraction of sp³-hybridized carbons (Fsp3) is 0.533. The van der Waals surface area contributed by atoms with Gasteiger partial charge in [-0.25, -0.2) is 0 Å². The number of benzene rings is 1. The second kappa shape index (κ2) is 7.38. The van der Waals surface area contributed by atoms with Gasteiger partial charge in [0, 0.05) is 19.8 Å². The Bertz CT molecular complexity index is 416. The maximum atomic E-state index is 11.9. The summed E-state index contributed by atoms with van der Waals surface area (Å²) in [6, 6.07) is 10.0. The van der Waals surface area contributed by atoms with E-state index in [4.69, 9.17) is 15.2 Å². The number of rotatable bonds is 7. The van der Waals surface area contributed by atoms with Crippen LogP contribution in [0.2, 0.25) is 0 Å². The highest BCUT2D eigenvalue weighted by Crippen LogP contribution is 2.15. The third-order valence-corrected chi connectivity index (χ3v) is 3.37. The first-order chi connectivity index (χ1) is 9.71. The second-order valence-corrected chi connectivity index (χ2v) is 5.11. The van der Waals surface area contributed by atoms with E-state index >= 15 is 0 Å². The summed E-state index contributed by atoms with van der Waals surface area (Å²) < 4.78 is 10.7. The van der Waals surface area contributed by atoms with E-state index in [1.165, 1.54) is 0 Å². The molecule has 1 fully saturated rings. The van der Waals surface area contributed by atoms with Gasteiger partial charge in [-0.15, -0.1) is 0 Å². The fourth-order valence-electron chi connectivity index (χ4n) is 2.08. The zero-order valence-electron chi connectivity index (χ0n) is 11.6. The van der Waals surface area contributed by atoms with E-state index in [0.717, 1.165) is 12.0 Å². The van der Waals surface area contributed by atoms with E-state index in [1.54, 1.807) is 0 Å². The molecular formula is C15H22N2O3. The largest absolute Gasteiger partial charge is 0.379 e. The minimum absolute atomic E-state index is 0.127. The van der Waals surface area contributed by atoms with E-state index in [9.17, 15) is 4.79 Å². The minimum atomic E-state index is -0.842. The van der Waals surface area contributed by atoms with Crippen molar-refractivity contribution in [3.05, 3.63) is 35.9 Å². The Kier molecular flexibility index (Phi) is 5.52. The number of carbonyl (C=O) groups is 1. The van der Waals surface area contributed by atoms with E-state index in [-0.39, 0.29) is 5.91 Å². The lowest BCUT2D eigenvalue weighted by molar-refractivity contribution is -0.126. The van der Waals surface area contributed by atoms with E-state index in [2.05, 4.69) is 5.32 Å². The van der Waals surface area contributed by atoms with Gasteiger partial charge in [-0.2, -0.15) is 0 Å². The molecule has 1 saturated heterocycles. The molecule has 1 aliphatic heterocycles. The normalized spacial score (nSPS) is 21.9. The smallest absolute Gasteiger partial charge is 0.242 e. The first-order valence-corrected chi connectivity index (χ1v) is 6.97. The third kappa shape index (κ3) is 4.30. The molecule has 5 heteroatoms. The highest BCUT2D eigenvalue weighted by Gasteiger charge is 2.37. The first-order valence-electron chi connectivity index (χ1n) is 6.97. The monoisotopic (exact) mass is 278 g/mol.